The summed E-state index contributed by atoms with van der Waals surface area (Å²) in [5.41, 5.74) is -0.315. The van der Waals surface area contributed by atoms with E-state index < -0.39 is 29.7 Å². The summed E-state index contributed by atoms with van der Waals surface area (Å²) in [5, 5.41) is 8.89. The number of nitrogens with zero attached hydrogens (tertiary/aromatic N) is 1. The van der Waals surface area contributed by atoms with Crippen LogP contribution in [0.1, 0.15) is 11.9 Å². The maximum atomic E-state index is 12.8. The summed E-state index contributed by atoms with van der Waals surface area (Å²) in [6.07, 6.45) is -7.72. The maximum Gasteiger partial charge on any atom is 0.421 e. The number of hydrogen-bond donors (Lipinski definition) is 2. The van der Waals surface area contributed by atoms with Crippen molar-refractivity contribution in [3.63, 3.8) is 0 Å². The molecule has 17 heavy (non-hydrogen) atoms. The van der Waals surface area contributed by atoms with Crippen LogP contribution in [0.15, 0.2) is 12.1 Å². The zero-order valence-electron chi connectivity index (χ0n) is 8.02. The zero-order valence-corrected chi connectivity index (χ0v) is 8.02. The second-order valence-corrected chi connectivity index (χ2v) is 3.35. The first-order valence-electron chi connectivity index (χ1n) is 4.38. The van der Waals surface area contributed by atoms with Crippen LogP contribution in [0.3, 0.4) is 0 Å². The Bertz CT molecular complexity index is 523. The van der Waals surface area contributed by atoms with Gasteiger partial charge in [-0.25, -0.2) is 13.8 Å². The Morgan fingerprint density at radius 1 is 1.18 bits per heavy atom. The van der Waals surface area contributed by atoms with Crippen molar-refractivity contribution in [1.82, 2.24) is 9.97 Å². The normalized spacial score (nSPS) is 14.2. The van der Waals surface area contributed by atoms with Crippen molar-refractivity contribution in [2.24, 2.45) is 0 Å². The number of nitrogens with one attached hydrogen (secondary N) is 1. The smallest absolute Gasteiger partial charge is 0.377 e. The van der Waals surface area contributed by atoms with E-state index in [0.717, 1.165) is 0 Å². The number of imidazole rings is 1. The van der Waals surface area contributed by atoms with E-state index in [4.69, 9.17) is 5.11 Å². The Labute approximate surface area is 90.9 Å². The third kappa shape index (κ3) is 2.07. The van der Waals surface area contributed by atoms with Crippen molar-refractivity contribution in [3.8, 4) is 0 Å². The summed E-state index contributed by atoms with van der Waals surface area (Å²) < 4.78 is 62.1. The van der Waals surface area contributed by atoms with Crippen molar-refractivity contribution >= 4 is 11.0 Å². The molecule has 0 aliphatic heterocycles. The molecule has 2 N–H and O–H groups in total. The number of aromatic nitrogens is 2. The molecule has 2 aromatic rings. The van der Waals surface area contributed by atoms with E-state index in [9.17, 15) is 22.0 Å². The van der Waals surface area contributed by atoms with E-state index in [-0.39, 0.29) is 11.0 Å². The number of H-pyrrole nitrogens is 1. The Morgan fingerprint density at radius 3 is 2.35 bits per heavy atom. The first kappa shape index (κ1) is 11.8. The van der Waals surface area contributed by atoms with E-state index in [1.54, 1.807) is 0 Å². The van der Waals surface area contributed by atoms with Gasteiger partial charge in [-0.15, -0.1) is 0 Å². The van der Waals surface area contributed by atoms with Crippen LogP contribution in [0.4, 0.5) is 22.0 Å². The van der Waals surface area contributed by atoms with Gasteiger partial charge in [-0.05, 0) is 0 Å². The molecule has 0 amide bonds. The molecular formula is C9H5F5N2O. The van der Waals surface area contributed by atoms with Crippen molar-refractivity contribution in [2.75, 3.05) is 0 Å². The third-order valence-electron chi connectivity index (χ3n) is 2.11. The molecule has 0 saturated carbocycles. The van der Waals surface area contributed by atoms with Gasteiger partial charge in [-0.3, -0.25) is 0 Å². The van der Waals surface area contributed by atoms with Crippen molar-refractivity contribution in [3.05, 3.63) is 29.6 Å². The predicted octanol–water partition coefficient (Wildman–Crippen LogP) is 2.44. The number of benzene rings is 1. The fourth-order valence-corrected chi connectivity index (χ4v) is 1.31. The maximum absolute atomic E-state index is 12.8. The van der Waals surface area contributed by atoms with Crippen LogP contribution in [0, 0.1) is 11.6 Å². The van der Waals surface area contributed by atoms with Crippen LogP contribution < -0.4 is 0 Å². The summed E-state index contributed by atoms with van der Waals surface area (Å²) in [5.74, 6) is -3.25. The summed E-state index contributed by atoms with van der Waals surface area (Å²) in [6.45, 7) is 0. The molecular weight excluding hydrogens is 247 g/mol. The Kier molecular flexibility index (Phi) is 2.53. The first-order chi connectivity index (χ1) is 7.79. The summed E-state index contributed by atoms with van der Waals surface area (Å²) >= 11 is 0. The zero-order chi connectivity index (χ0) is 12.8. The van der Waals surface area contributed by atoms with Gasteiger partial charge in [0.05, 0.1) is 11.0 Å². The van der Waals surface area contributed by atoms with Gasteiger partial charge in [0.2, 0.25) is 6.10 Å². The number of rotatable bonds is 1. The molecule has 3 nitrogen and oxygen atoms in total. The van der Waals surface area contributed by atoms with Crippen molar-refractivity contribution < 1.29 is 27.1 Å². The number of halogens is 5. The summed E-state index contributed by atoms with van der Waals surface area (Å²) in [6, 6.07) is 1.32. The molecule has 0 saturated heterocycles. The molecule has 0 radical (unpaired) electrons. The fourth-order valence-electron chi connectivity index (χ4n) is 1.31. The average Bonchev–Trinajstić information content (AvgIpc) is 2.59. The monoisotopic (exact) mass is 252 g/mol. The molecule has 0 spiro atoms. The van der Waals surface area contributed by atoms with Crippen LogP contribution >= 0.6 is 0 Å². The second-order valence-electron chi connectivity index (χ2n) is 3.35. The molecule has 8 heteroatoms. The van der Waals surface area contributed by atoms with E-state index in [1.165, 1.54) is 0 Å². The van der Waals surface area contributed by atoms with Gasteiger partial charge in [-0.1, -0.05) is 0 Å². The van der Waals surface area contributed by atoms with Gasteiger partial charge < -0.3 is 10.1 Å². The topological polar surface area (TPSA) is 48.9 Å². The quantitative estimate of drug-likeness (QED) is 0.766. The Balaban J connectivity index is 2.52. The van der Waals surface area contributed by atoms with Gasteiger partial charge in [-0.2, -0.15) is 13.2 Å². The van der Waals surface area contributed by atoms with E-state index in [2.05, 4.69) is 9.97 Å². The molecule has 1 atom stereocenters. The number of alkyl halides is 3. The SMILES string of the molecule is OC(c1nc2cc(F)c(F)cc2[nH]1)C(F)(F)F. The lowest BCUT2D eigenvalue weighted by Crippen LogP contribution is -2.21. The standard InChI is InChI=1S/C9H5F5N2O/c10-3-1-5-6(2-4(3)11)16-8(15-5)7(17)9(12,13)14/h1-2,7,17H,(H,15,16). The second kappa shape index (κ2) is 3.66. The minimum absolute atomic E-state index is 0.123. The highest BCUT2D eigenvalue weighted by atomic mass is 19.4. The molecule has 0 bridgehead atoms. The molecule has 2 rings (SSSR count). The molecule has 92 valence electrons. The minimum atomic E-state index is -4.90. The van der Waals surface area contributed by atoms with Crippen LogP contribution in [0.5, 0.6) is 0 Å². The highest BCUT2D eigenvalue weighted by Crippen LogP contribution is 2.32. The van der Waals surface area contributed by atoms with Crippen molar-refractivity contribution in [2.45, 2.75) is 12.3 Å². The fraction of sp³-hybridized carbons (Fsp3) is 0.222. The highest BCUT2D eigenvalue weighted by Gasteiger charge is 2.41. The Hall–Kier alpha value is -1.70. The van der Waals surface area contributed by atoms with Crippen LogP contribution in [-0.4, -0.2) is 21.3 Å². The lowest BCUT2D eigenvalue weighted by atomic mass is 10.3. The highest BCUT2D eigenvalue weighted by molar-refractivity contribution is 5.75. The third-order valence-corrected chi connectivity index (χ3v) is 2.11. The van der Waals surface area contributed by atoms with Gasteiger partial charge in [0.1, 0.15) is 5.82 Å². The van der Waals surface area contributed by atoms with E-state index in [1.807, 2.05) is 0 Å². The minimum Gasteiger partial charge on any atom is -0.377 e. The van der Waals surface area contributed by atoms with Gasteiger partial charge in [0.15, 0.2) is 11.6 Å². The van der Waals surface area contributed by atoms with E-state index >= 15 is 0 Å². The van der Waals surface area contributed by atoms with Gasteiger partial charge >= 0.3 is 6.18 Å². The number of fused-ring (bicyclic) bond motifs is 1. The van der Waals surface area contributed by atoms with Crippen LogP contribution in [0.25, 0.3) is 11.0 Å². The Morgan fingerprint density at radius 2 is 1.76 bits per heavy atom. The lowest BCUT2D eigenvalue weighted by molar-refractivity contribution is -0.208. The van der Waals surface area contributed by atoms with Gasteiger partial charge in [0.25, 0.3) is 0 Å². The molecule has 1 unspecified atom stereocenters. The van der Waals surface area contributed by atoms with E-state index in [0.29, 0.717) is 12.1 Å². The summed E-state index contributed by atoms with van der Waals surface area (Å²) in [7, 11) is 0. The van der Waals surface area contributed by atoms with Crippen LogP contribution in [0.2, 0.25) is 0 Å². The molecule has 1 aromatic heterocycles. The number of aromatic amines is 1. The average molecular weight is 252 g/mol. The molecule has 0 aliphatic carbocycles. The van der Waals surface area contributed by atoms with Gasteiger partial charge in [0, 0.05) is 12.1 Å². The molecule has 0 fully saturated rings. The lowest BCUT2D eigenvalue weighted by Gasteiger charge is -2.10. The first-order valence-corrected chi connectivity index (χ1v) is 4.38. The number of aliphatic hydroxyl groups is 1. The van der Waals surface area contributed by atoms with Crippen molar-refractivity contribution in [1.29, 1.82) is 0 Å². The molecule has 1 heterocycles. The molecule has 1 aromatic carbocycles. The van der Waals surface area contributed by atoms with Crippen LogP contribution in [-0.2, 0) is 0 Å². The molecule has 0 aliphatic rings. The predicted molar refractivity (Wildman–Crippen MR) is 47.0 cm³/mol. The number of aliphatic hydroxyl groups excluding tert-OH is 1. The number of hydrogen-bond acceptors (Lipinski definition) is 2. The largest absolute Gasteiger partial charge is 0.421 e. The summed E-state index contributed by atoms with van der Waals surface area (Å²) in [4.78, 5) is 5.43.